The van der Waals surface area contributed by atoms with Gasteiger partial charge in [0.1, 0.15) is 5.75 Å². The van der Waals surface area contributed by atoms with Gasteiger partial charge in [-0.1, -0.05) is 12.1 Å². The molecule has 0 unspecified atom stereocenters. The molecule has 1 aromatic rings. The lowest BCUT2D eigenvalue weighted by atomic mass is 9.70. The minimum Gasteiger partial charge on any atom is -0.497 e. The number of nitrogens with zero attached hydrogens (tertiary/aromatic N) is 1. The average Bonchev–Trinajstić information content (AvgIpc) is 2.37. The van der Waals surface area contributed by atoms with E-state index < -0.39 is 5.41 Å². The molecule has 3 nitrogen and oxygen atoms in total. The van der Waals surface area contributed by atoms with E-state index in [9.17, 15) is 5.26 Å². The van der Waals surface area contributed by atoms with Crippen LogP contribution in [-0.2, 0) is 10.2 Å². The largest absolute Gasteiger partial charge is 0.497 e. The van der Waals surface area contributed by atoms with Crippen LogP contribution in [0, 0.1) is 11.3 Å². The predicted octanol–water partition coefficient (Wildman–Crippen LogP) is 3.05. The highest BCUT2D eigenvalue weighted by atomic mass is 16.5. The Balaban J connectivity index is 2.34. The summed E-state index contributed by atoms with van der Waals surface area (Å²) in [6.45, 7) is 4.72. The van der Waals surface area contributed by atoms with Gasteiger partial charge in [-0.3, -0.25) is 0 Å². The van der Waals surface area contributed by atoms with Crippen molar-refractivity contribution < 1.29 is 9.47 Å². The molecule has 1 aliphatic heterocycles. The highest BCUT2D eigenvalue weighted by Crippen LogP contribution is 2.41. The Kier molecular flexibility index (Phi) is 3.32. The second-order valence-corrected chi connectivity index (χ2v) is 5.46. The Morgan fingerprint density at radius 1 is 1.28 bits per heavy atom. The average molecular weight is 245 g/mol. The summed E-state index contributed by atoms with van der Waals surface area (Å²) in [7, 11) is 1.65. The molecule has 0 bridgehead atoms. The summed E-state index contributed by atoms with van der Waals surface area (Å²) in [6.07, 6.45) is 1.47. The molecule has 96 valence electrons. The zero-order valence-electron chi connectivity index (χ0n) is 11.2. The maximum Gasteiger partial charge on any atom is 0.118 e. The van der Waals surface area contributed by atoms with E-state index in [1.165, 1.54) is 0 Å². The molecule has 1 heterocycles. The van der Waals surface area contributed by atoms with Crippen LogP contribution in [0.4, 0.5) is 0 Å². The Hall–Kier alpha value is -1.53. The van der Waals surface area contributed by atoms with Gasteiger partial charge in [-0.15, -0.1) is 0 Å². The lowest BCUT2D eigenvalue weighted by Crippen LogP contribution is -2.43. The second kappa shape index (κ2) is 4.62. The van der Waals surface area contributed by atoms with Crippen LogP contribution in [0.1, 0.15) is 32.3 Å². The van der Waals surface area contributed by atoms with Gasteiger partial charge in [0.25, 0.3) is 0 Å². The van der Waals surface area contributed by atoms with Crippen molar-refractivity contribution in [2.24, 2.45) is 0 Å². The number of hydrogen-bond donors (Lipinski definition) is 0. The van der Waals surface area contributed by atoms with Crippen molar-refractivity contribution in [3.05, 3.63) is 29.8 Å². The van der Waals surface area contributed by atoms with Crippen LogP contribution >= 0.6 is 0 Å². The van der Waals surface area contributed by atoms with Crippen LogP contribution in [0.2, 0.25) is 0 Å². The van der Waals surface area contributed by atoms with Gasteiger partial charge in [-0.05, 0) is 44.4 Å². The van der Waals surface area contributed by atoms with Crippen LogP contribution in [0.3, 0.4) is 0 Å². The van der Waals surface area contributed by atoms with E-state index in [0.29, 0.717) is 6.61 Å². The Morgan fingerprint density at radius 3 is 2.44 bits per heavy atom. The lowest BCUT2D eigenvalue weighted by molar-refractivity contribution is -0.0716. The third kappa shape index (κ3) is 2.34. The number of benzene rings is 1. The van der Waals surface area contributed by atoms with Crippen LogP contribution in [0.15, 0.2) is 24.3 Å². The summed E-state index contributed by atoms with van der Waals surface area (Å²) in [5.74, 6) is 0.818. The standard InChI is InChI=1S/C15H19NO2/c1-14(2)10-15(11-16,8-9-18-14)12-4-6-13(17-3)7-5-12/h4-7H,8-10H2,1-3H3/t15-/m0/s1. The summed E-state index contributed by atoms with van der Waals surface area (Å²) >= 11 is 0. The van der Waals surface area contributed by atoms with E-state index >= 15 is 0 Å². The molecule has 0 N–H and O–H groups in total. The molecule has 0 radical (unpaired) electrons. The zero-order valence-corrected chi connectivity index (χ0v) is 11.2. The quantitative estimate of drug-likeness (QED) is 0.804. The van der Waals surface area contributed by atoms with Gasteiger partial charge in [0.2, 0.25) is 0 Å². The van der Waals surface area contributed by atoms with Gasteiger partial charge in [0.15, 0.2) is 0 Å². The molecule has 2 rings (SSSR count). The smallest absolute Gasteiger partial charge is 0.118 e. The van der Waals surface area contributed by atoms with Crippen molar-refractivity contribution in [1.82, 2.24) is 0 Å². The molecule has 0 amide bonds. The van der Waals surface area contributed by atoms with Crippen LogP contribution in [0.5, 0.6) is 5.75 Å². The summed E-state index contributed by atoms with van der Waals surface area (Å²) in [5.41, 5.74) is 0.379. The Morgan fingerprint density at radius 2 is 1.94 bits per heavy atom. The summed E-state index contributed by atoms with van der Waals surface area (Å²) < 4.78 is 10.9. The van der Waals surface area contributed by atoms with Gasteiger partial charge in [-0.2, -0.15) is 5.26 Å². The molecule has 0 saturated carbocycles. The van der Waals surface area contributed by atoms with E-state index in [1.54, 1.807) is 7.11 Å². The Bertz CT molecular complexity index is 458. The molecular formula is C15H19NO2. The SMILES string of the molecule is COc1ccc([C@@]2(C#N)CCOC(C)(C)C2)cc1. The lowest BCUT2D eigenvalue weighted by Gasteiger charge is -2.41. The van der Waals surface area contributed by atoms with Crippen molar-refractivity contribution in [3.63, 3.8) is 0 Å². The first-order valence-electron chi connectivity index (χ1n) is 6.21. The fourth-order valence-electron chi connectivity index (χ4n) is 2.68. The van der Waals surface area contributed by atoms with E-state index in [1.807, 2.05) is 38.1 Å². The van der Waals surface area contributed by atoms with Crippen molar-refractivity contribution in [1.29, 1.82) is 5.26 Å². The monoisotopic (exact) mass is 245 g/mol. The highest BCUT2D eigenvalue weighted by molar-refractivity contribution is 5.37. The topological polar surface area (TPSA) is 42.2 Å². The Labute approximate surface area is 108 Å². The van der Waals surface area contributed by atoms with Gasteiger partial charge in [-0.25, -0.2) is 0 Å². The third-order valence-electron chi connectivity index (χ3n) is 3.61. The first-order chi connectivity index (χ1) is 8.51. The van der Waals surface area contributed by atoms with E-state index in [0.717, 1.165) is 24.2 Å². The number of ether oxygens (including phenoxy) is 2. The van der Waals surface area contributed by atoms with Gasteiger partial charge < -0.3 is 9.47 Å². The molecule has 1 fully saturated rings. The minimum absolute atomic E-state index is 0.242. The molecule has 1 aromatic carbocycles. The first-order valence-corrected chi connectivity index (χ1v) is 6.21. The zero-order chi connectivity index (χ0) is 13.2. The number of methoxy groups -OCH3 is 1. The molecule has 18 heavy (non-hydrogen) atoms. The second-order valence-electron chi connectivity index (χ2n) is 5.46. The molecule has 1 atom stereocenters. The third-order valence-corrected chi connectivity index (χ3v) is 3.61. The minimum atomic E-state index is -0.436. The van der Waals surface area contributed by atoms with Crippen molar-refractivity contribution >= 4 is 0 Å². The number of rotatable bonds is 2. The number of hydrogen-bond acceptors (Lipinski definition) is 3. The van der Waals surface area contributed by atoms with E-state index in [-0.39, 0.29) is 5.60 Å². The first kappa shape index (κ1) is 12.9. The molecule has 0 aliphatic carbocycles. The molecule has 1 saturated heterocycles. The summed E-state index contributed by atoms with van der Waals surface area (Å²) in [5, 5.41) is 9.62. The molecule has 0 spiro atoms. The number of nitriles is 1. The summed E-state index contributed by atoms with van der Waals surface area (Å²) in [6, 6.07) is 10.3. The van der Waals surface area contributed by atoms with Crippen LogP contribution in [0.25, 0.3) is 0 Å². The highest BCUT2D eigenvalue weighted by Gasteiger charge is 2.42. The molecule has 0 aromatic heterocycles. The van der Waals surface area contributed by atoms with Gasteiger partial charge in [0.05, 0.1) is 24.2 Å². The maximum absolute atomic E-state index is 9.62. The maximum atomic E-state index is 9.62. The van der Waals surface area contributed by atoms with Crippen molar-refractivity contribution in [3.8, 4) is 11.8 Å². The molecule has 3 heteroatoms. The van der Waals surface area contributed by atoms with E-state index in [2.05, 4.69) is 6.07 Å². The van der Waals surface area contributed by atoms with Gasteiger partial charge >= 0.3 is 0 Å². The van der Waals surface area contributed by atoms with Crippen LogP contribution < -0.4 is 4.74 Å². The normalized spacial score (nSPS) is 26.3. The summed E-state index contributed by atoms with van der Waals surface area (Å²) in [4.78, 5) is 0. The fraction of sp³-hybridized carbons (Fsp3) is 0.533. The van der Waals surface area contributed by atoms with E-state index in [4.69, 9.17) is 9.47 Å². The van der Waals surface area contributed by atoms with Crippen LogP contribution in [-0.4, -0.2) is 19.3 Å². The molecular weight excluding hydrogens is 226 g/mol. The molecule has 1 aliphatic rings. The fourth-order valence-corrected chi connectivity index (χ4v) is 2.68. The van der Waals surface area contributed by atoms with Gasteiger partial charge in [0, 0.05) is 6.61 Å². The van der Waals surface area contributed by atoms with Crippen molar-refractivity contribution in [2.75, 3.05) is 13.7 Å². The van der Waals surface area contributed by atoms with Crippen molar-refractivity contribution in [2.45, 2.75) is 37.7 Å². The predicted molar refractivity (Wildman–Crippen MR) is 69.6 cm³/mol.